The third-order valence-electron chi connectivity index (χ3n) is 3.22. The van der Waals surface area contributed by atoms with Crippen LogP contribution >= 0.6 is 0 Å². The van der Waals surface area contributed by atoms with Crippen molar-refractivity contribution in [3.05, 3.63) is 71.3 Å². The first kappa shape index (κ1) is 14.4. The third-order valence-corrected chi connectivity index (χ3v) is 3.22. The van der Waals surface area contributed by atoms with Crippen molar-refractivity contribution in [3.8, 4) is 11.8 Å². The van der Waals surface area contributed by atoms with Crippen LogP contribution < -0.4 is 0 Å². The van der Waals surface area contributed by atoms with E-state index in [-0.39, 0.29) is 5.41 Å². The number of hydrogen-bond donors (Lipinski definition) is 1. The number of hydrogen-bond acceptors (Lipinski definition) is 1. The van der Waals surface area contributed by atoms with Gasteiger partial charge in [0, 0.05) is 5.56 Å². The van der Waals surface area contributed by atoms with Gasteiger partial charge in [0.1, 0.15) is 6.10 Å². The zero-order valence-electron chi connectivity index (χ0n) is 12.2. The van der Waals surface area contributed by atoms with Gasteiger partial charge in [0.2, 0.25) is 0 Å². The molecule has 0 fully saturated rings. The standard InChI is InChI=1S/C19H20O/c1-19(2,3)17-12-9-15(10-13-17)11-14-18(20)16-7-5-4-6-8-16/h4-10,12-13,18,20H,1-3H3/t18-/m0/s1. The van der Waals surface area contributed by atoms with E-state index >= 15 is 0 Å². The smallest absolute Gasteiger partial charge is 0.140 e. The van der Waals surface area contributed by atoms with Gasteiger partial charge in [-0.3, -0.25) is 0 Å². The van der Waals surface area contributed by atoms with Crippen molar-refractivity contribution in [3.63, 3.8) is 0 Å². The SMILES string of the molecule is CC(C)(C)c1ccc(C#C[C@H](O)c2ccccc2)cc1. The molecule has 0 aliphatic carbocycles. The lowest BCUT2D eigenvalue weighted by Crippen LogP contribution is -2.10. The van der Waals surface area contributed by atoms with Crippen molar-refractivity contribution in [1.82, 2.24) is 0 Å². The summed E-state index contributed by atoms with van der Waals surface area (Å²) in [5, 5.41) is 9.99. The van der Waals surface area contributed by atoms with Crippen molar-refractivity contribution >= 4 is 0 Å². The van der Waals surface area contributed by atoms with E-state index in [2.05, 4.69) is 44.7 Å². The van der Waals surface area contributed by atoms with E-state index in [4.69, 9.17) is 0 Å². The summed E-state index contributed by atoms with van der Waals surface area (Å²) >= 11 is 0. The van der Waals surface area contributed by atoms with Crippen LogP contribution in [0, 0.1) is 11.8 Å². The molecule has 0 spiro atoms. The fraction of sp³-hybridized carbons (Fsp3) is 0.263. The summed E-state index contributed by atoms with van der Waals surface area (Å²) in [5.74, 6) is 5.90. The highest BCUT2D eigenvalue weighted by atomic mass is 16.3. The van der Waals surface area contributed by atoms with Crippen molar-refractivity contribution in [2.24, 2.45) is 0 Å². The van der Waals surface area contributed by atoms with E-state index < -0.39 is 6.10 Å². The minimum atomic E-state index is -0.738. The van der Waals surface area contributed by atoms with Gasteiger partial charge >= 0.3 is 0 Å². The van der Waals surface area contributed by atoms with Crippen LogP contribution in [0.5, 0.6) is 0 Å². The van der Waals surface area contributed by atoms with E-state index in [0.717, 1.165) is 11.1 Å². The van der Waals surface area contributed by atoms with Crippen LogP contribution in [0.25, 0.3) is 0 Å². The van der Waals surface area contributed by atoms with Gasteiger partial charge in [-0.15, -0.1) is 0 Å². The van der Waals surface area contributed by atoms with Crippen LogP contribution in [0.4, 0.5) is 0 Å². The maximum Gasteiger partial charge on any atom is 0.140 e. The minimum Gasteiger partial charge on any atom is -0.376 e. The first-order valence-electron chi connectivity index (χ1n) is 6.82. The quantitative estimate of drug-likeness (QED) is 0.770. The first-order chi connectivity index (χ1) is 9.47. The second-order valence-corrected chi connectivity index (χ2v) is 5.91. The molecule has 0 bridgehead atoms. The van der Waals surface area contributed by atoms with Crippen LogP contribution in [0.2, 0.25) is 0 Å². The summed E-state index contributed by atoms with van der Waals surface area (Å²) in [6, 6.07) is 17.7. The van der Waals surface area contributed by atoms with Crippen molar-refractivity contribution in [1.29, 1.82) is 0 Å². The third kappa shape index (κ3) is 3.73. The highest BCUT2D eigenvalue weighted by Gasteiger charge is 2.12. The van der Waals surface area contributed by atoms with Gasteiger partial charge in [-0.1, -0.05) is 75.1 Å². The molecule has 1 N–H and O–H groups in total. The average Bonchev–Trinajstić information content (AvgIpc) is 2.45. The topological polar surface area (TPSA) is 20.2 Å². The lowest BCUT2D eigenvalue weighted by atomic mass is 9.87. The predicted octanol–water partition coefficient (Wildman–Crippen LogP) is 4.07. The molecule has 0 aliphatic rings. The molecule has 0 saturated heterocycles. The Labute approximate surface area is 121 Å². The van der Waals surface area contributed by atoms with E-state index in [1.807, 2.05) is 42.5 Å². The Kier molecular flexibility index (Phi) is 4.27. The molecule has 0 unspecified atom stereocenters. The average molecular weight is 264 g/mol. The molecule has 0 saturated carbocycles. The molecule has 2 aromatic rings. The van der Waals surface area contributed by atoms with Gasteiger partial charge in [-0.25, -0.2) is 0 Å². The van der Waals surface area contributed by atoms with Crippen molar-refractivity contribution < 1.29 is 5.11 Å². The second kappa shape index (κ2) is 5.94. The normalized spacial score (nSPS) is 12.4. The van der Waals surface area contributed by atoms with E-state index in [1.54, 1.807) is 0 Å². The predicted molar refractivity (Wildman–Crippen MR) is 83.4 cm³/mol. The monoisotopic (exact) mass is 264 g/mol. The van der Waals surface area contributed by atoms with Gasteiger partial charge in [0.15, 0.2) is 0 Å². The highest BCUT2D eigenvalue weighted by Crippen LogP contribution is 2.22. The first-order valence-corrected chi connectivity index (χ1v) is 6.82. The van der Waals surface area contributed by atoms with E-state index in [0.29, 0.717) is 0 Å². The summed E-state index contributed by atoms with van der Waals surface area (Å²) < 4.78 is 0. The molecule has 0 amide bonds. The zero-order chi connectivity index (χ0) is 14.6. The maximum absolute atomic E-state index is 9.99. The molecule has 1 heteroatoms. The molecule has 20 heavy (non-hydrogen) atoms. The number of rotatable bonds is 1. The van der Waals surface area contributed by atoms with Crippen molar-refractivity contribution in [2.45, 2.75) is 32.3 Å². The Hall–Kier alpha value is -2.04. The lowest BCUT2D eigenvalue weighted by molar-refractivity contribution is 0.238. The Morgan fingerprint density at radius 1 is 0.900 bits per heavy atom. The Morgan fingerprint density at radius 2 is 1.50 bits per heavy atom. The van der Waals surface area contributed by atoms with Crippen LogP contribution in [0.15, 0.2) is 54.6 Å². The van der Waals surface area contributed by atoms with Gasteiger partial charge in [0.05, 0.1) is 0 Å². The molecule has 0 aliphatic heterocycles. The summed E-state index contributed by atoms with van der Waals surface area (Å²) in [6.45, 7) is 6.56. The molecule has 1 atom stereocenters. The van der Waals surface area contributed by atoms with Crippen LogP contribution in [0.3, 0.4) is 0 Å². The van der Waals surface area contributed by atoms with Gasteiger partial charge in [0.25, 0.3) is 0 Å². The van der Waals surface area contributed by atoms with Crippen LogP contribution in [-0.4, -0.2) is 5.11 Å². The number of benzene rings is 2. The number of aliphatic hydroxyl groups is 1. The van der Waals surface area contributed by atoms with Crippen LogP contribution in [0.1, 0.15) is 43.6 Å². The van der Waals surface area contributed by atoms with Gasteiger partial charge < -0.3 is 5.11 Å². The fourth-order valence-electron chi connectivity index (χ4n) is 1.92. The highest BCUT2D eigenvalue weighted by molar-refractivity contribution is 5.39. The molecule has 2 aromatic carbocycles. The maximum atomic E-state index is 9.99. The summed E-state index contributed by atoms with van der Waals surface area (Å²) in [6.07, 6.45) is -0.738. The molecular weight excluding hydrogens is 244 g/mol. The van der Waals surface area contributed by atoms with Crippen molar-refractivity contribution in [2.75, 3.05) is 0 Å². The molecule has 2 rings (SSSR count). The zero-order valence-corrected chi connectivity index (χ0v) is 12.2. The molecule has 0 aromatic heterocycles. The Bertz CT molecular complexity index is 607. The summed E-state index contributed by atoms with van der Waals surface area (Å²) in [5.41, 5.74) is 3.18. The minimum absolute atomic E-state index is 0.148. The lowest BCUT2D eigenvalue weighted by Gasteiger charge is -2.18. The molecule has 1 nitrogen and oxygen atoms in total. The largest absolute Gasteiger partial charge is 0.376 e. The fourth-order valence-corrected chi connectivity index (χ4v) is 1.92. The summed E-state index contributed by atoms with van der Waals surface area (Å²) in [4.78, 5) is 0. The van der Waals surface area contributed by atoms with Crippen LogP contribution in [-0.2, 0) is 5.41 Å². The number of aliphatic hydroxyl groups excluding tert-OH is 1. The van der Waals surface area contributed by atoms with E-state index in [9.17, 15) is 5.11 Å². The Balaban J connectivity index is 2.13. The molecular formula is C19H20O. The Morgan fingerprint density at radius 3 is 2.05 bits per heavy atom. The van der Waals surface area contributed by atoms with Gasteiger partial charge in [-0.2, -0.15) is 0 Å². The summed E-state index contributed by atoms with van der Waals surface area (Å²) in [7, 11) is 0. The van der Waals surface area contributed by atoms with Gasteiger partial charge in [-0.05, 0) is 28.7 Å². The molecule has 0 heterocycles. The second-order valence-electron chi connectivity index (χ2n) is 5.91. The van der Waals surface area contributed by atoms with E-state index in [1.165, 1.54) is 5.56 Å². The molecule has 102 valence electrons. The molecule has 0 radical (unpaired) electrons.